The second-order valence-electron chi connectivity index (χ2n) is 6.93. The van der Waals surface area contributed by atoms with E-state index >= 15 is 0 Å². The number of halogens is 1. The molecule has 1 aromatic carbocycles. The largest absolute Gasteiger partial charge is 0.278 e. The molecule has 2 aliphatic rings. The fourth-order valence-corrected chi connectivity index (χ4v) is 4.16. The first kappa shape index (κ1) is 20.8. The second kappa shape index (κ2) is 9.58. The van der Waals surface area contributed by atoms with E-state index in [1.807, 2.05) is 11.8 Å². The van der Waals surface area contributed by atoms with Gasteiger partial charge in [-0.2, -0.15) is 11.8 Å². The number of imide groups is 1. The Labute approximate surface area is 183 Å². The molecule has 0 unspecified atom stereocenters. The van der Waals surface area contributed by atoms with Gasteiger partial charge in [0.1, 0.15) is 11.5 Å². The molecule has 6 nitrogen and oxygen atoms in total. The molecule has 0 bridgehead atoms. The van der Waals surface area contributed by atoms with Crippen LogP contribution in [0.4, 0.5) is 4.39 Å². The minimum Gasteiger partial charge on any atom is -0.278 e. The average molecular weight is 434 g/mol. The maximum atomic E-state index is 14.7. The highest BCUT2D eigenvalue weighted by Crippen LogP contribution is 2.28. The Kier molecular flexibility index (Phi) is 6.43. The number of hydrogen-bond donors (Lipinski definition) is 0. The van der Waals surface area contributed by atoms with Gasteiger partial charge in [-0.1, -0.05) is 29.2 Å². The summed E-state index contributed by atoms with van der Waals surface area (Å²) >= 11 is 1.83. The molecule has 0 saturated carbocycles. The Morgan fingerprint density at radius 1 is 1.35 bits per heavy atom. The highest BCUT2D eigenvalue weighted by atomic mass is 32.2. The van der Waals surface area contributed by atoms with E-state index in [1.54, 1.807) is 36.6 Å². The molecule has 0 radical (unpaired) electrons. The minimum atomic E-state index is -0.444. The quantitative estimate of drug-likeness (QED) is 0.516. The van der Waals surface area contributed by atoms with E-state index in [4.69, 9.17) is 0 Å². The molecule has 0 saturated heterocycles. The van der Waals surface area contributed by atoms with Gasteiger partial charge in [0.2, 0.25) is 6.41 Å². The van der Waals surface area contributed by atoms with Gasteiger partial charge in [-0.05, 0) is 42.0 Å². The molecule has 0 atom stereocenters. The number of thioether (sulfide) groups is 1. The van der Waals surface area contributed by atoms with Crippen molar-refractivity contribution in [3.05, 3.63) is 71.3 Å². The number of amides is 2. The van der Waals surface area contributed by atoms with Gasteiger partial charge < -0.3 is 0 Å². The lowest BCUT2D eigenvalue weighted by Crippen LogP contribution is -2.30. The Morgan fingerprint density at radius 2 is 2.26 bits per heavy atom. The van der Waals surface area contributed by atoms with Crippen LogP contribution in [-0.2, 0) is 16.1 Å². The van der Waals surface area contributed by atoms with Crippen molar-refractivity contribution in [2.24, 2.45) is 0 Å². The zero-order chi connectivity index (χ0) is 21.6. The average Bonchev–Trinajstić information content (AvgIpc) is 3.09. The van der Waals surface area contributed by atoms with Crippen molar-refractivity contribution in [1.82, 2.24) is 19.9 Å². The summed E-state index contributed by atoms with van der Waals surface area (Å²) < 4.78 is 16.1. The highest BCUT2D eigenvalue weighted by molar-refractivity contribution is 7.99. The SMILES string of the molecule is O=CN(Cc1cn(-c2ccc(C3=CCSCC3)c(F)c2)nn1)C(=O)C1=CCC#CC=C1. The standard InChI is InChI=1S/C23H19FN4O2S/c24-22-13-20(7-8-21(22)17-9-11-31-12-10-17)28-15-19(25-26-28)14-27(16-29)23(30)18-5-3-1-2-4-6-18/h3,5-9,13,15-16H,4,10-12,14H2. The maximum Gasteiger partial charge on any atom is 0.260 e. The van der Waals surface area contributed by atoms with E-state index in [2.05, 4.69) is 28.2 Å². The molecule has 0 fully saturated rings. The fraction of sp³-hybridized carbons (Fsp3) is 0.217. The van der Waals surface area contributed by atoms with Gasteiger partial charge in [0.15, 0.2) is 0 Å². The van der Waals surface area contributed by atoms with Gasteiger partial charge in [-0.15, -0.1) is 5.10 Å². The first-order valence-electron chi connectivity index (χ1n) is 9.75. The first-order chi connectivity index (χ1) is 15.2. The number of carbonyl (C=O) groups excluding carboxylic acids is 2. The molecular formula is C23H19FN4O2S. The predicted molar refractivity (Wildman–Crippen MR) is 117 cm³/mol. The van der Waals surface area contributed by atoms with Crippen molar-refractivity contribution in [2.45, 2.75) is 19.4 Å². The van der Waals surface area contributed by atoms with E-state index in [0.717, 1.165) is 28.4 Å². The maximum absolute atomic E-state index is 14.7. The van der Waals surface area contributed by atoms with Crippen LogP contribution in [0.2, 0.25) is 0 Å². The number of aromatic nitrogens is 3. The van der Waals surface area contributed by atoms with Crippen LogP contribution in [0.25, 0.3) is 11.3 Å². The summed E-state index contributed by atoms with van der Waals surface area (Å²) in [5.74, 6) is 6.77. The predicted octanol–water partition coefficient (Wildman–Crippen LogP) is 3.30. The molecule has 1 aliphatic heterocycles. The van der Waals surface area contributed by atoms with Crippen molar-refractivity contribution >= 4 is 29.7 Å². The van der Waals surface area contributed by atoms with Crippen molar-refractivity contribution in [2.75, 3.05) is 11.5 Å². The normalized spacial score (nSPS) is 15.3. The number of hydrogen-bond acceptors (Lipinski definition) is 5. The highest BCUT2D eigenvalue weighted by Gasteiger charge is 2.19. The van der Waals surface area contributed by atoms with Gasteiger partial charge in [0, 0.05) is 29.4 Å². The number of nitrogens with zero attached hydrogens (tertiary/aromatic N) is 4. The van der Waals surface area contributed by atoms with E-state index in [9.17, 15) is 14.0 Å². The molecule has 4 rings (SSSR count). The van der Waals surface area contributed by atoms with Gasteiger partial charge in [-0.3, -0.25) is 14.5 Å². The molecule has 2 aromatic rings. The molecule has 156 valence electrons. The van der Waals surface area contributed by atoms with Crippen LogP contribution in [0.3, 0.4) is 0 Å². The zero-order valence-corrected chi connectivity index (χ0v) is 17.4. The lowest BCUT2D eigenvalue weighted by Gasteiger charge is -2.14. The van der Waals surface area contributed by atoms with Crippen LogP contribution in [0.1, 0.15) is 24.1 Å². The van der Waals surface area contributed by atoms with Crippen LogP contribution >= 0.6 is 11.8 Å². The lowest BCUT2D eigenvalue weighted by molar-refractivity contribution is -0.135. The fourth-order valence-electron chi connectivity index (χ4n) is 3.31. The van der Waals surface area contributed by atoms with Gasteiger partial charge in [0.05, 0.1) is 18.4 Å². The number of benzene rings is 1. The third kappa shape index (κ3) is 4.84. The van der Waals surface area contributed by atoms with Crippen LogP contribution in [0.15, 0.2) is 54.3 Å². The van der Waals surface area contributed by atoms with Crippen molar-refractivity contribution in [3.8, 4) is 17.5 Å². The van der Waals surface area contributed by atoms with E-state index in [1.165, 1.54) is 10.7 Å². The summed E-state index contributed by atoms with van der Waals surface area (Å²) in [4.78, 5) is 25.1. The van der Waals surface area contributed by atoms with Crippen LogP contribution < -0.4 is 0 Å². The molecular weight excluding hydrogens is 415 g/mol. The molecule has 0 spiro atoms. The Hall–Kier alpha value is -3.44. The van der Waals surface area contributed by atoms with Crippen LogP contribution in [0, 0.1) is 17.7 Å². The van der Waals surface area contributed by atoms with Crippen LogP contribution in [-0.4, -0.2) is 43.7 Å². The number of carbonyl (C=O) groups is 2. The van der Waals surface area contributed by atoms with E-state index in [-0.39, 0.29) is 12.4 Å². The summed E-state index contributed by atoms with van der Waals surface area (Å²) in [6.07, 6.45) is 10.2. The third-order valence-electron chi connectivity index (χ3n) is 4.91. The molecule has 1 aliphatic carbocycles. The molecule has 31 heavy (non-hydrogen) atoms. The lowest BCUT2D eigenvalue weighted by atomic mass is 10.0. The Bertz CT molecular complexity index is 1170. The van der Waals surface area contributed by atoms with Gasteiger partial charge >= 0.3 is 0 Å². The molecule has 0 N–H and O–H groups in total. The zero-order valence-electron chi connectivity index (χ0n) is 16.6. The molecule has 1 aromatic heterocycles. The van der Waals surface area contributed by atoms with Crippen molar-refractivity contribution in [3.63, 3.8) is 0 Å². The third-order valence-corrected chi connectivity index (χ3v) is 5.80. The van der Waals surface area contributed by atoms with Gasteiger partial charge in [0.25, 0.3) is 5.91 Å². The number of rotatable bonds is 6. The van der Waals surface area contributed by atoms with E-state index in [0.29, 0.717) is 35.3 Å². The summed E-state index contributed by atoms with van der Waals surface area (Å²) in [6.45, 7) is -0.0422. The topological polar surface area (TPSA) is 68.1 Å². The molecule has 2 heterocycles. The van der Waals surface area contributed by atoms with E-state index < -0.39 is 5.91 Å². The van der Waals surface area contributed by atoms with Crippen molar-refractivity contribution < 1.29 is 14.0 Å². The summed E-state index contributed by atoms with van der Waals surface area (Å²) in [5.41, 5.74) is 2.93. The summed E-state index contributed by atoms with van der Waals surface area (Å²) in [7, 11) is 0. The van der Waals surface area contributed by atoms with Gasteiger partial charge in [-0.25, -0.2) is 9.07 Å². The second-order valence-corrected chi connectivity index (χ2v) is 8.08. The monoisotopic (exact) mass is 434 g/mol. The van der Waals surface area contributed by atoms with Crippen molar-refractivity contribution in [1.29, 1.82) is 0 Å². The molecule has 2 amide bonds. The Balaban J connectivity index is 1.49. The summed E-state index contributed by atoms with van der Waals surface area (Å²) in [6, 6.07) is 4.95. The number of allylic oxidation sites excluding steroid dienone is 3. The summed E-state index contributed by atoms with van der Waals surface area (Å²) in [5, 5.41) is 8.05. The smallest absolute Gasteiger partial charge is 0.260 e. The Morgan fingerprint density at radius 3 is 3.03 bits per heavy atom. The van der Waals surface area contributed by atoms with Crippen LogP contribution in [0.5, 0.6) is 0 Å². The minimum absolute atomic E-state index is 0.0422. The first-order valence-corrected chi connectivity index (χ1v) is 10.9. The molecule has 8 heteroatoms.